The second kappa shape index (κ2) is 7.56. The lowest BCUT2D eigenvalue weighted by atomic mass is 10.0. The molecule has 0 saturated carbocycles. The summed E-state index contributed by atoms with van der Waals surface area (Å²) in [5.41, 5.74) is 6.46. The SMILES string of the molecule is COc1ccc(-c2ccc3[nH]c4c(c3c2)CCN(C(=O)c2ccccc2)C=C4)cc1. The molecule has 4 nitrogen and oxygen atoms in total. The van der Waals surface area contributed by atoms with Crippen LogP contribution in [0.5, 0.6) is 5.75 Å². The summed E-state index contributed by atoms with van der Waals surface area (Å²) in [6.45, 7) is 0.650. The molecule has 148 valence electrons. The summed E-state index contributed by atoms with van der Waals surface area (Å²) in [5, 5.41) is 1.21. The molecule has 0 fully saturated rings. The number of ether oxygens (including phenoxy) is 1. The maximum atomic E-state index is 12.8. The van der Waals surface area contributed by atoms with Crippen LogP contribution in [-0.2, 0) is 6.42 Å². The Morgan fingerprint density at radius 1 is 0.967 bits per heavy atom. The van der Waals surface area contributed by atoms with Crippen molar-refractivity contribution in [2.24, 2.45) is 0 Å². The highest BCUT2D eigenvalue weighted by Crippen LogP contribution is 2.31. The minimum Gasteiger partial charge on any atom is -0.497 e. The number of rotatable bonds is 3. The van der Waals surface area contributed by atoms with E-state index in [1.807, 2.05) is 54.7 Å². The third-order valence-electron chi connectivity index (χ3n) is 5.67. The number of hydrogen-bond acceptors (Lipinski definition) is 2. The zero-order valence-corrected chi connectivity index (χ0v) is 16.8. The van der Waals surface area contributed by atoms with Gasteiger partial charge in [-0.1, -0.05) is 36.4 Å². The number of methoxy groups -OCH3 is 1. The van der Waals surface area contributed by atoms with Gasteiger partial charge >= 0.3 is 0 Å². The third-order valence-corrected chi connectivity index (χ3v) is 5.67. The molecule has 0 atom stereocenters. The van der Waals surface area contributed by atoms with E-state index in [1.54, 1.807) is 12.0 Å². The van der Waals surface area contributed by atoms with Crippen LogP contribution in [0, 0.1) is 0 Å². The lowest BCUT2D eigenvalue weighted by Gasteiger charge is -2.17. The molecule has 0 spiro atoms. The number of aromatic amines is 1. The van der Waals surface area contributed by atoms with Gasteiger partial charge in [-0.15, -0.1) is 0 Å². The molecule has 5 rings (SSSR count). The highest BCUT2D eigenvalue weighted by atomic mass is 16.5. The number of hydrogen-bond donors (Lipinski definition) is 1. The minimum atomic E-state index is 0.0280. The van der Waals surface area contributed by atoms with Crippen LogP contribution in [0.3, 0.4) is 0 Å². The number of aromatic nitrogens is 1. The van der Waals surface area contributed by atoms with Gasteiger partial charge < -0.3 is 14.6 Å². The topological polar surface area (TPSA) is 45.3 Å². The molecule has 1 amide bonds. The number of H-pyrrole nitrogens is 1. The maximum Gasteiger partial charge on any atom is 0.257 e. The summed E-state index contributed by atoms with van der Waals surface area (Å²) in [5.74, 6) is 0.879. The molecule has 1 aliphatic heterocycles. The standard InChI is InChI=1S/C26H22N2O2/c1-30-21-10-7-18(8-11-21)20-9-12-24-23(17-20)22-13-15-28(16-14-25(22)27-24)26(29)19-5-3-2-4-6-19/h2-12,14,16-17,27H,13,15H2,1H3. The fourth-order valence-corrected chi connectivity index (χ4v) is 4.03. The van der Waals surface area contributed by atoms with Gasteiger partial charge in [-0.05, 0) is 65.6 Å². The molecular formula is C26H22N2O2. The van der Waals surface area contributed by atoms with Gasteiger partial charge in [0.05, 0.1) is 7.11 Å². The summed E-state index contributed by atoms with van der Waals surface area (Å²) in [6.07, 6.45) is 4.70. The normalized spacial score (nSPS) is 13.2. The lowest BCUT2D eigenvalue weighted by Crippen LogP contribution is -2.27. The number of benzene rings is 3. The van der Waals surface area contributed by atoms with E-state index in [-0.39, 0.29) is 5.91 Å². The molecule has 4 aromatic rings. The van der Waals surface area contributed by atoms with Crippen LogP contribution < -0.4 is 4.74 Å². The Balaban J connectivity index is 1.46. The Labute approximate surface area is 175 Å². The molecular weight excluding hydrogens is 372 g/mol. The van der Waals surface area contributed by atoms with Crippen LogP contribution in [0.1, 0.15) is 21.6 Å². The van der Waals surface area contributed by atoms with E-state index in [2.05, 4.69) is 35.3 Å². The second-order valence-corrected chi connectivity index (χ2v) is 7.44. The summed E-state index contributed by atoms with van der Waals surface area (Å²) < 4.78 is 5.27. The van der Waals surface area contributed by atoms with Crippen molar-refractivity contribution in [3.8, 4) is 16.9 Å². The highest BCUT2D eigenvalue weighted by molar-refractivity contribution is 5.96. The van der Waals surface area contributed by atoms with Gasteiger partial charge in [0.25, 0.3) is 5.91 Å². The molecule has 0 unspecified atom stereocenters. The molecule has 0 saturated heterocycles. The van der Waals surface area contributed by atoms with Gasteiger partial charge in [0, 0.05) is 34.9 Å². The molecule has 1 aliphatic rings. The molecule has 30 heavy (non-hydrogen) atoms. The lowest BCUT2D eigenvalue weighted by molar-refractivity contribution is 0.0825. The number of carbonyl (C=O) groups is 1. The highest BCUT2D eigenvalue weighted by Gasteiger charge is 2.19. The summed E-state index contributed by atoms with van der Waals surface area (Å²) in [4.78, 5) is 18.1. The molecule has 0 radical (unpaired) electrons. The molecule has 0 bridgehead atoms. The van der Waals surface area contributed by atoms with E-state index in [4.69, 9.17) is 4.74 Å². The predicted molar refractivity (Wildman–Crippen MR) is 121 cm³/mol. The van der Waals surface area contributed by atoms with Crippen LogP contribution >= 0.6 is 0 Å². The number of nitrogens with one attached hydrogen (secondary N) is 1. The monoisotopic (exact) mass is 394 g/mol. The van der Waals surface area contributed by atoms with Crippen molar-refractivity contribution in [2.75, 3.05) is 13.7 Å². The van der Waals surface area contributed by atoms with Crippen LogP contribution in [-0.4, -0.2) is 29.4 Å². The van der Waals surface area contributed by atoms with Gasteiger partial charge in [0.15, 0.2) is 0 Å². The summed E-state index contributed by atoms with van der Waals surface area (Å²) >= 11 is 0. The Hall–Kier alpha value is -3.79. The Morgan fingerprint density at radius 2 is 1.73 bits per heavy atom. The molecule has 3 aromatic carbocycles. The van der Waals surface area contributed by atoms with Crippen molar-refractivity contribution >= 4 is 22.9 Å². The van der Waals surface area contributed by atoms with E-state index >= 15 is 0 Å². The summed E-state index contributed by atoms with van der Waals surface area (Å²) in [6, 6.07) is 24.0. The Kier molecular flexibility index (Phi) is 4.60. The van der Waals surface area contributed by atoms with Crippen molar-refractivity contribution in [2.45, 2.75) is 6.42 Å². The van der Waals surface area contributed by atoms with E-state index in [9.17, 15) is 4.79 Å². The largest absolute Gasteiger partial charge is 0.497 e. The molecule has 0 aliphatic carbocycles. The fourth-order valence-electron chi connectivity index (χ4n) is 4.03. The fraction of sp³-hybridized carbons (Fsp3) is 0.115. The van der Waals surface area contributed by atoms with Gasteiger partial charge in [0.1, 0.15) is 5.75 Å². The average Bonchev–Trinajstić information content (AvgIpc) is 3.02. The number of nitrogens with zero attached hydrogens (tertiary/aromatic N) is 1. The minimum absolute atomic E-state index is 0.0280. The first kappa shape index (κ1) is 18.3. The van der Waals surface area contributed by atoms with Crippen LogP contribution in [0.4, 0.5) is 0 Å². The molecule has 1 N–H and O–H groups in total. The van der Waals surface area contributed by atoms with Crippen molar-refractivity contribution in [3.63, 3.8) is 0 Å². The van der Waals surface area contributed by atoms with Crippen LogP contribution in [0.25, 0.3) is 28.1 Å². The smallest absolute Gasteiger partial charge is 0.257 e. The van der Waals surface area contributed by atoms with Gasteiger partial charge in [-0.3, -0.25) is 4.79 Å². The van der Waals surface area contributed by atoms with Crippen molar-refractivity contribution in [1.82, 2.24) is 9.88 Å². The van der Waals surface area contributed by atoms with Crippen molar-refractivity contribution in [3.05, 3.63) is 95.8 Å². The summed E-state index contributed by atoms with van der Waals surface area (Å²) in [7, 11) is 1.68. The first-order chi connectivity index (χ1) is 14.7. The zero-order valence-electron chi connectivity index (χ0n) is 16.8. The predicted octanol–water partition coefficient (Wildman–Crippen LogP) is 5.51. The van der Waals surface area contributed by atoms with Crippen molar-refractivity contribution in [1.29, 1.82) is 0 Å². The van der Waals surface area contributed by atoms with Crippen LogP contribution in [0.15, 0.2) is 79.0 Å². The Morgan fingerprint density at radius 3 is 2.50 bits per heavy atom. The van der Waals surface area contributed by atoms with Crippen LogP contribution in [0.2, 0.25) is 0 Å². The van der Waals surface area contributed by atoms with E-state index < -0.39 is 0 Å². The molecule has 2 heterocycles. The molecule has 4 heteroatoms. The zero-order chi connectivity index (χ0) is 20.5. The van der Waals surface area contributed by atoms with Gasteiger partial charge in [-0.25, -0.2) is 0 Å². The quantitative estimate of drug-likeness (QED) is 0.498. The van der Waals surface area contributed by atoms with Gasteiger partial charge in [0.2, 0.25) is 0 Å². The first-order valence-corrected chi connectivity index (χ1v) is 10.1. The average molecular weight is 394 g/mol. The van der Waals surface area contributed by atoms with E-state index in [1.165, 1.54) is 10.9 Å². The molecule has 1 aromatic heterocycles. The number of fused-ring (bicyclic) bond motifs is 3. The first-order valence-electron chi connectivity index (χ1n) is 10.1. The third kappa shape index (κ3) is 3.26. The maximum absolute atomic E-state index is 12.8. The van der Waals surface area contributed by atoms with E-state index in [0.717, 1.165) is 34.5 Å². The van der Waals surface area contributed by atoms with Crippen molar-refractivity contribution < 1.29 is 9.53 Å². The Bertz CT molecular complexity index is 1240. The van der Waals surface area contributed by atoms with Gasteiger partial charge in [-0.2, -0.15) is 0 Å². The van der Waals surface area contributed by atoms with E-state index in [0.29, 0.717) is 12.1 Å². The second-order valence-electron chi connectivity index (χ2n) is 7.44. The number of amides is 1. The number of carbonyl (C=O) groups excluding carboxylic acids is 1.